The summed E-state index contributed by atoms with van der Waals surface area (Å²) in [6.45, 7) is 2.67. The Morgan fingerprint density at radius 3 is 2.93 bits per heavy atom. The zero-order chi connectivity index (χ0) is 10.9. The average Bonchev–Trinajstić information content (AvgIpc) is 2.46. The molecule has 1 N–H and O–H groups in total. The maximum atomic E-state index is 13.9. The molecule has 2 unspecified atom stereocenters. The van der Waals surface area contributed by atoms with E-state index in [4.69, 9.17) is 0 Å². The maximum absolute atomic E-state index is 13.9. The van der Waals surface area contributed by atoms with Crippen LogP contribution in [0.3, 0.4) is 0 Å². The van der Waals surface area contributed by atoms with Gasteiger partial charge in [-0.2, -0.15) is 0 Å². The Labute approximate surface area is 88.5 Å². The van der Waals surface area contributed by atoms with Crippen LogP contribution in [0.2, 0.25) is 0 Å². The first-order valence-electron chi connectivity index (χ1n) is 5.22. The number of alkyl halides is 1. The van der Waals surface area contributed by atoms with E-state index in [2.05, 4.69) is 5.32 Å². The molecule has 2 rings (SSSR count). The van der Waals surface area contributed by atoms with E-state index in [0.29, 0.717) is 19.5 Å². The summed E-state index contributed by atoms with van der Waals surface area (Å²) in [4.78, 5) is 0. The Hall–Kier alpha value is -0.960. The SMILES string of the molecule is CC1(F)CNCC1Cc1cccc(F)c1. The Morgan fingerprint density at radius 2 is 2.33 bits per heavy atom. The van der Waals surface area contributed by atoms with Gasteiger partial charge < -0.3 is 5.32 Å². The van der Waals surface area contributed by atoms with Gasteiger partial charge in [-0.15, -0.1) is 0 Å². The first-order chi connectivity index (χ1) is 7.08. The highest BCUT2D eigenvalue weighted by Crippen LogP contribution is 2.28. The quantitative estimate of drug-likeness (QED) is 0.791. The molecular weight excluding hydrogens is 196 g/mol. The number of hydrogen-bond donors (Lipinski definition) is 1. The van der Waals surface area contributed by atoms with Crippen molar-refractivity contribution in [3.63, 3.8) is 0 Å². The van der Waals surface area contributed by atoms with Crippen molar-refractivity contribution in [1.82, 2.24) is 5.32 Å². The number of nitrogens with one attached hydrogen (secondary N) is 1. The molecule has 3 heteroatoms. The van der Waals surface area contributed by atoms with E-state index < -0.39 is 5.67 Å². The molecule has 15 heavy (non-hydrogen) atoms. The molecule has 0 radical (unpaired) electrons. The monoisotopic (exact) mass is 211 g/mol. The molecule has 1 nitrogen and oxygen atoms in total. The molecule has 1 saturated heterocycles. The molecule has 0 amide bonds. The van der Waals surface area contributed by atoms with E-state index in [0.717, 1.165) is 5.56 Å². The summed E-state index contributed by atoms with van der Waals surface area (Å²) in [7, 11) is 0. The van der Waals surface area contributed by atoms with Gasteiger partial charge in [0.25, 0.3) is 0 Å². The van der Waals surface area contributed by atoms with Crippen molar-refractivity contribution in [3.05, 3.63) is 35.6 Å². The normalized spacial score (nSPS) is 30.7. The molecule has 0 aromatic heterocycles. The standard InChI is InChI=1S/C12H15F2N/c1-12(14)8-15-7-10(12)5-9-3-2-4-11(13)6-9/h2-4,6,10,15H,5,7-8H2,1H3. The summed E-state index contributed by atoms with van der Waals surface area (Å²) in [6, 6.07) is 6.40. The minimum Gasteiger partial charge on any atom is -0.313 e. The lowest BCUT2D eigenvalue weighted by molar-refractivity contribution is 0.152. The van der Waals surface area contributed by atoms with E-state index in [9.17, 15) is 8.78 Å². The highest BCUT2D eigenvalue weighted by molar-refractivity contribution is 5.18. The molecular formula is C12H15F2N. The minimum absolute atomic E-state index is 0.0562. The second kappa shape index (κ2) is 3.89. The molecule has 0 spiro atoms. The van der Waals surface area contributed by atoms with E-state index >= 15 is 0 Å². The third-order valence-corrected chi connectivity index (χ3v) is 3.08. The molecule has 2 atom stereocenters. The van der Waals surface area contributed by atoms with Crippen molar-refractivity contribution in [2.45, 2.75) is 19.0 Å². The Balaban J connectivity index is 2.09. The lowest BCUT2D eigenvalue weighted by Crippen LogP contribution is -2.29. The molecule has 82 valence electrons. The van der Waals surface area contributed by atoms with E-state index in [1.54, 1.807) is 13.0 Å². The zero-order valence-electron chi connectivity index (χ0n) is 8.76. The van der Waals surface area contributed by atoms with Crippen LogP contribution < -0.4 is 5.32 Å². The van der Waals surface area contributed by atoms with Crippen molar-refractivity contribution in [2.24, 2.45) is 5.92 Å². The summed E-state index contributed by atoms with van der Waals surface area (Å²) in [5.41, 5.74) is -0.306. The van der Waals surface area contributed by atoms with Gasteiger partial charge >= 0.3 is 0 Å². The van der Waals surface area contributed by atoms with Crippen molar-refractivity contribution in [3.8, 4) is 0 Å². The fourth-order valence-electron chi connectivity index (χ4n) is 2.08. The first-order valence-corrected chi connectivity index (χ1v) is 5.22. The molecule has 1 aliphatic rings. The smallest absolute Gasteiger partial charge is 0.124 e. The van der Waals surface area contributed by atoms with Gasteiger partial charge in [-0.3, -0.25) is 0 Å². The predicted octanol–water partition coefficient (Wildman–Crippen LogP) is 2.32. The molecule has 1 aliphatic heterocycles. The predicted molar refractivity (Wildman–Crippen MR) is 56.0 cm³/mol. The molecule has 1 aromatic carbocycles. The molecule has 0 bridgehead atoms. The number of halogens is 2. The summed E-state index contributed by atoms with van der Waals surface area (Å²) in [6.07, 6.45) is 0.595. The van der Waals surface area contributed by atoms with Crippen LogP contribution >= 0.6 is 0 Å². The van der Waals surface area contributed by atoms with Crippen LogP contribution in [0.25, 0.3) is 0 Å². The largest absolute Gasteiger partial charge is 0.313 e. The third kappa shape index (κ3) is 2.34. The molecule has 1 fully saturated rings. The highest BCUT2D eigenvalue weighted by atomic mass is 19.1. The van der Waals surface area contributed by atoms with E-state index in [1.807, 2.05) is 6.07 Å². The van der Waals surface area contributed by atoms with Gasteiger partial charge in [0.05, 0.1) is 0 Å². The summed E-state index contributed by atoms with van der Waals surface area (Å²) in [5, 5.41) is 3.03. The van der Waals surface area contributed by atoms with Gasteiger partial charge in [0.1, 0.15) is 11.5 Å². The summed E-state index contributed by atoms with van der Waals surface area (Å²) < 4.78 is 26.8. The van der Waals surface area contributed by atoms with E-state index in [1.165, 1.54) is 12.1 Å². The van der Waals surface area contributed by atoms with Crippen LogP contribution in [0.1, 0.15) is 12.5 Å². The summed E-state index contributed by atoms with van der Waals surface area (Å²) >= 11 is 0. The van der Waals surface area contributed by atoms with Gasteiger partial charge in [-0.1, -0.05) is 12.1 Å². The van der Waals surface area contributed by atoms with Gasteiger partial charge in [-0.05, 0) is 31.0 Å². The second-order valence-electron chi connectivity index (χ2n) is 4.44. The number of hydrogen-bond acceptors (Lipinski definition) is 1. The van der Waals surface area contributed by atoms with Crippen LogP contribution in [0.15, 0.2) is 24.3 Å². The Kier molecular flexibility index (Phi) is 2.74. The highest BCUT2D eigenvalue weighted by Gasteiger charge is 2.38. The zero-order valence-corrected chi connectivity index (χ0v) is 8.76. The molecule has 0 saturated carbocycles. The summed E-state index contributed by atoms with van der Waals surface area (Å²) in [5.74, 6) is -0.307. The fourth-order valence-corrected chi connectivity index (χ4v) is 2.08. The Bertz CT molecular complexity index is 349. The van der Waals surface area contributed by atoms with Crippen LogP contribution in [-0.2, 0) is 6.42 Å². The second-order valence-corrected chi connectivity index (χ2v) is 4.44. The van der Waals surface area contributed by atoms with Crippen molar-refractivity contribution < 1.29 is 8.78 Å². The third-order valence-electron chi connectivity index (χ3n) is 3.08. The first kappa shape index (κ1) is 10.6. The van der Waals surface area contributed by atoms with Gasteiger partial charge in [0.2, 0.25) is 0 Å². The van der Waals surface area contributed by atoms with Crippen molar-refractivity contribution in [1.29, 1.82) is 0 Å². The molecule has 0 aliphatic carbocycles. The fraction of sp³-hybridized carbons (Fsp3) is 0.500. The molecule has 1 aromatic rings. The van der Waals surface area contributed by atoms with Gasteiger partial charge in [-0.25, -0.2) is 8.78 Å². The van der Waals surface area contributed by atoms with Crippen LogP contribution in [-0.4, -0.2) is 18.8 Å². The van der Waals surface area contributed by atoms with Crippen LogP contribution in [0, 0.1) is 11.7 Å². The topological polar surface area (TPSA) is 12.0 Å². The van der Waals surface area contributed by atoms with Crippen molar-refractivity contribution in [2.75, 3.05) is 13.1 Å². The lowest BCUT2D eigenvalue weighted by Gasteiger charge is -2.21. The van der Waals surface area contributed by atoms with Gasteiger partial charge in [0, 0.05) is 19.0 Å². The van der Waals surface area contributed by atoms with Crippen LogP contribution in [0.4, 0.5) is 8.78 Å². The number of rotatable bonds is 2. The minimum atomic E-state index is -1.17. The Morgan fingerprint density at radius 1 is 1.53 bits per heavy atom. The lowest BCUT2D eigenvalue weighted by atomic mass is 9.89. The van der Waals surface area contributed by atoms with Crippen LogP contribution in [0.5, 0.6) is 0 Å². The molecule has 1 heterocycles. The maximum Gasteiger partial charge on any atom is 0.124 e. The average molecular weight is 211 g/mol. The van der Waals surface area contributed by atoms with E-state index in [-0.39, 0.29) is 11.7 Å². The van der Waals surface area contributed by atoms with Gasteiger partial charge in [0.15, 0.2) is 0 Å². The number of benzene rings is 1. The van der Waals surface area contributed by atoms with Crippen molar-refractivity contribution >= 4 is 0 Å².